The van der Waals surface area contributed by atoms with E-state index in [1.165, 1.54) is 0 Å². The molecule has 2 atom stereocenters. The van der Waals surface area contributed by atoms with E-state index in [2.05, 4.69) is 10.6 Å². The zero-order valence-corrected chi connectivity index (χ0v) is 27.2. The number of nitrogens with one attached hydrogen (secondary N) is 2. The van der Waals surface area contributed by atoms with Gasteiger partial charge in [-0.2, -0.15) is 0 Å². The van der Waals surface area contributed by atoms with Crippen LogP contribution in [-0.4, -0.2) is 37.4 Å². The number of methoxy groups -OCH3 is 1. The summed E-state index contributed by atoms with van der Waals surface area (Å²) in [5, 5.41) is 6.73. The minimum absolute atomic E-state index is 0.0221. The van der Waals surface area contributed by atoms with E-state index in [9.17, 15) is 14.4 Å². The smallest absolute Gasteiger partial charge is 0.313 e. The van der Waals surface area contributed by atoms with Crippen LogP contribution in [0.3, 0.4) is 0 Å². The lowest BCUT2D eigenvalue weighted by Crippen LogP contribution is -2.41. The summed E-state index contributed by atoms with van der Waals surface area (Å²) in [7, 11) is 1.57. The summed E-state index contributed by atoms with van der Waals surface area (Å²) < 4.78 is 11.1. The number of esters is 1. The minimum Gasteiger partial charge on any atom is -0.495 e. The van der Waals surface area contributed by atoms with Crippen molar-refractivity contribution in [2.75, 3.05) is 24.4 Å². The van der Waals surface area contributed by atoms with Crippen LogP contribution in [0.1, 0.15) is 68.9 Å². The molecule has 0 spiro atoms. The molecule has 3 rings (SSSR count). The maximum absolute atomic E-state index is 13.3. The van der Waals surface area contributed by atoms with Crippen molar-refractivity contribution in [2.24, 2.45) is 11.3 Å². The zero-order valence-electron chi connectivity index (χ0n) is 25.7. The fraction of sp³-hybridized carbons (Fsp3) is 0.382. The Labute approximate surface area is 264 Å². The van der Waals surface area contributed by atoms with Gasteiger partial charge in [0.2, 0.25) is 0 Å². The molecule has 0 aliphatic rings. The predicted molar refractivity (Wildman–Crippen MR) is 174 cm³/mol. The van der Waals surface area contributed by atoms with E-state index >= 15 is 0 Å². The number of amides is 1. The van der Waals surface area contributed by atoms with Crippen molar-refractivity contribution in [1.29, 1.82) is 0 Å². The first kappa shape index (κ1) is 33.9. The van der Waals surface area contributed by atoms with Gasteiger partial charge >= 0.3 is 5.97 Å². The molecule has 2 unspecified atom stereocenters. The molecule has 0 heterocycles. The topological polar surface area (TPSA) is 93.7 Å². The molecule has 43 heavy (non-hydrogen) atoms. The molecule has 3 aromatic carbocycles. The highest BCUT2D eigenvalue weighted by atomic mass is 35.5. The Bertz CT molecular complexity index is 1430. The molecule has 0 radical (unpaired) electrons. The Hall–Kier alpha value is -3.55. The Balaban J connectivity index is 1.89. The van der Waals surface area contributed by atoms with E-state index in [4.69, 9.17) is 32.7 Å². The largest absolute Gasteiger partial charge is 0.495 e. The van der Waals surface area contributed by atoms with E-state index in [0.717, 1.165) is 11.1 Å². The maximum Gasteiger partial charge on any atom is 0.313 e. The van der Waals surface area contributed by atoms with Gasteiger partial charge in [-0.05, 0) is 66.8 Å². The first-order chi connectivity index (χ1) is 20.3. The van der Waals surface area contributed by atoms with Gasteiger partial charge in [-0.15, -0.1) is 0 Å². The fourth-order valence-corrected chi connectivity index (χ4v) is 5.24. The van der Waals surface area contributed by atoms with Crippen LogP contribution in [0, 0.1) is 11.3 Å². The number of benzene rings is 3. The standard InChI is InChI=1S/C34H40Cl2N2O5/c1-8-43-33(41)24(18-21-12-15-23(16-13-21)37-32(40)29-25(35)10-9-11-26(29)36)22-14-17-28(42-7)27(19-22)38-30(20(2)3)31(39)34(4,5)6/h9-17,19-20,24,30,38H,8,18H2,1-7H3,(H,37,40). The number of ketones is 1. The average Bonchev–Trinajstić information content (AvgIpc) is 2.94. The second kappa shape index (κ2) is 14.8. The van der Waals surface area contributed by atoms with Gasteiger partial charge in [0.15, 0.2) is 5.78 Å². The van der Waals surface area contributed by atoms with Crippen LogP contribution in [-0.2, 0) is 20.7 Å². The summed E-state index contributed by atoms with van der Waals surface area (Å²) in [6.07, 6.45) is 0.351. The number of hydrogen-bond donors (Lipinski definition) is 2. The van der Waals surface area contributed by atoms with Crippen molar-refractivity contribution < 1.29 is 23.9 Å². The molecular formula is C34H40Cl2N2O5. The molecule has 1 amide bonds. The number of anilines is 2. The van der Waals surface area contributed by atoms with Crippen molar-refractivity contribution >= 4 is 52.2 Å². The molecule has 0 aliphatic carbocycles. The summed E-state index contributed by atoms with van der Waals surface area (Å²) in [4.78, 5) is 39.2. The Morgan fingerprint density at radius 2 is 1.56 bits per heavy atom. The third kappa shape index (κ3) is 8.74. The fourth-order valence-electron chi connectivity index (χ4n) is 4.67. The first-order valence-corrected chi connectivity index (χ1v) is 15.0. The van der Waals surface area contributed by atoms with Crippen molar-refractivity contribution in [3.63, 3.8) is 0 Å². The van der Waals surface area contributed by atoms with Crippen molar-refractivity contribution in [3.05, 3.63) is 87.4 Å². The zero-order chi connectivity index (χ0) is 31.9. The molecule has 0 aliphatic heterocycles. The van der Waals surface area contributed by atoms with E-state index in [0.29, 0.717) is 23.5 Å². The van der Waals surface area contributed by atoms with Crippen LogP contribution >= 0.6 is 23.2 Å². The van der Waals surface area contributed by atoms with E-state index in [-0.39, 0.29) is 39.9 Å². The number of halogens is 2. The van der Waals surface area contributed by atoms with Gasteiger partial charge in [-0.1, -0.05) is 82.1 Å². The Morgan fingerprint density at radius 3 is 2.09 bits per heavy atom. The summed E-state index contributed by atoms with van der Waals surface area (Å²) in [6.45, 7) is 11.7. The summed E-state index contributed by atoms with van der Waals surface area (Å²) >= 11 is 12.4. The monoisotopic (exact) mass is 626 g/mol. The predicted octanol–water partition coefficient (Wildman–Crippen LogP) is 8.20. The van der Waals surface area contributed by atoms with E-state index in [1.807, 2.05) is 58.9 Å². The first-order valence-electron chi connectivity index (χ1n) is 14.3. The number of hydrogen-bond acceptors (Lipinski definition) is 6. The lowest BCUT2D eigenvalue weighted by Gasteiger charge is -2.30. The highest BCUT2D eigenvalue weighted by Crippen LogP contribution is 2.34. The summed E-state index contributed by atoms with van der Waals surface area (Å²) in [5.74, 6) is -0.733. The van der Waals surface area contributed by atoms with Crippen LogP contribution in [0.2, 0.25) is 10.0 Å². The number of carbonyl (C=O) groups is 3. The number of ether oxygens (including phenoxy) is 2. The van der Waals surface area contributed by atoms with Gasteiger partial charge in [0.05, 0.1) is 47.0 Å². The number of rotatable bonds is 12. The number of Topliss-reactive ketones (excluding diaryl/α,β-unsaturated/α-hetero) is 1. The normalized spacial score (nSPS) is 12.8. The van der Waals surface area contributed by atoms with Crippen LogP contribution in [0.4, 0.5) is 11.4 Å². The van der Waals surface area contributed by atoms with Crippen molar-refractivity contribution in [3.8, 4) is 5.75 Å². The average molecular weight is 628 g/mol. The molecule has 230 valence electrons. The van der Waals surface area contributed by atoms with Gasteiger partial charge < -0.3 is 20.1 Å². The minimum atomic E-state index is -0.621. The number of carbonyl (C=O) groups excluding carboxylic acids is 3. The highest BCUT2D eigenvalue weighted by molar-refractivity contribution is 6.40. The maximum atomic E-state index is 13.3. The lowest BCUT2D eigenvalue weighted by molar-refractivity contribution is -0.145. The summed E-state index contributed by atoms with van der Waals surface area (Å²) in [6, 6.07) is 17.1. The molecule has 0 bridgehead atoms. The Morgan fingerprint density at radius 1 is 0.930 bits per heavy atom. The quantitative estimate of drug-likeness (QED) is 0.197. The molecule has 0 aromatic heterocycles. The SMILES string of the molecule is CCOC(=O)C(Cc1ccc(NC(=O)c2c(Cl)cccc2Cl)cc1)c1ccc(OC)c(NC(C(=O)C(C)(C)C)C(C)C)c1. The molecular weight excluding hydrogens is 587 g/mol. The van der Waals surface area contributed by atoms with Crippen LogP contribution in [0.15, 0.2) is 60.7 Å². The third-order valence-electron chi connectivity index (χ3n) is 7.04. The van der Waals surface area contributed by atoms with Crippen LogP contribution in [0.25, 0.3) is 0 Å². The second-order valence-electron chi connectivity index (χ2n) is 11.7. The van der Waals surface area contributed by atoms with Crippen LogP contribution < -0.4 is 15.4 Å². The molecule has 2 N–H and O–H groups in total. The van der Waals surface area contributed by atoms with Gasteiger partial charge in [-0.25, -0.2) is 0 Å². The molecule has 0 saturated heterocycles. The molecule has 0 fully saturated rings. The molecule has 0 saturated carbocycles. The Kier molecular flexibility index (Phi) is 11.7. The molecule has 9 heteroatoms. The van der Waals surface area contributed by atoms with Gasteiger partial charge in [0, 0.05) is 11.1 Å². The highest BCUT2D eigenvalue weighted by Gasteiger charge is 2.33. The lowest BCUT2D eigenvalue weighted by atomic mass is 9.82. The van der Waals surface area contributed by atoms with E-state index in [1.54, 1.807) is 50.4 Å². The van der Waals surface area contributed by atoms with Gasteiger partial charge in [0.1, 0.15) is 5.75 Å². The third-order valence-corrected chi connectivity index (χ3v) is 7.67. The van der Waals surface area contributed by atoms with Crippen molar-refractivity contribution in [2.45, 2.75) is 59.9 Å². The van der Waals surface area contributed by atoms with Gasteiger partial charge in [0.25, 0.3) is 5.91 Å². The van der Waals surface area contributed by atoms with Gasteiger partial charge in [-0.3, -0.25) is 14.4 Å². The molecule has 3 aromatic rings. The van der Waals surface area contributed by atoms with Crippen LogP contribution in [0.5, 0.6) is 5.75 Å². The second-order valence-corrected chi connectivity index (χ2v) is 12.5. The van der Waals surface area contributed by atoms with Crippen molar-refractivity contribution in [1.82, 2.24) is 0 Å². The molecule has 7 nitrogen and oxygen atoms in total. The summed E-state index contributed by atoms with van der Waals surface area (Å²) in [5.41, 5.74) is 2.42. The van der Waals surface area contributed by atoms with E-state index < -0.39 is 23.3 Å².